The first-order valence-electron chi connectivity index (χ1n) is 9.85. The number of benzene rings is 1. The fraction of sp³-hybridized carbons (Fsp3) is 0.333. The third kappa shape index (κ3) is 8.83. The quantitative estimate of drug-likeness (QED) is 0.195. The molecule has 5 N–H and O–H groups in total. The first-order valence-corrected chi connectivity index (χ1v) is 11.8. The largest absolute Gasteiger partial charge is 0.480 e. The Balaban J connectivity index is 1.74. The average Bonchev–Trinajstić information content (AvgIpc) is 3.25. The van der Waals surface area contributed by atoms with E-state index >= 15 is 0 Å². The summed E-state index contributed by atoms with van der Waals surface area (Å²) < 4.78 is 1.02. The number of carboxylic acids is 2. The van der Waals surface area contributed by atoms with Crippen LogP contribution in [0.25, 0.3) is 0 Å². The average molecular weight is 573 g/mol. The lowest BCUT2D eigenvalue weighted by molar-refractivity contribution is -0.139. The molecule has 32 heavy (non-hydrogen) atoms. The van der Waals surface area contributed by atoms with Crippen LogP contribution < -0.4 is 16.0 Å². The highest BCUT2D eigenvalue weighted by atomic mass is 127. The van der Waals surface area contributed by atoms with Crippen LogP contribution in [0.4, 0.5) is 4.79 Å². The number of carbonyl (C=O) groups excluding carboxylic acids is 2. The molecular formula is C21H24IN3O6S. The van der Waals surface area contributed by atoms with Gasteiger partial charge in [0.05, 0.1) is 0 Å². The summed E-state index contributed by atoms with van der Waals surface area (Å²) >= 11 is 3.52. The summed E-state index contributed by atoms with van der Waals surface area (Å²) in [6.07, 6.45) is 1.23. The lowest BCUT2D eigenvalue weighted by atomic mass is 10.1. The summed E-state index contributed by atoms with van der Waals surface area (Å²) in [4.78, 5) is 47.9. The van der Waals surface area contributed by atoms with Crippen LogP contribution in [-0.4, -0.2) is 52.7 Å². The van der Waals surface area contributed by atoms with Crippen molar-refractivity contribution in [2.75, 3.05) is 6.54 Å². The number of halogens is 1. The summed E-state index contributed by atoms with van der Waals surface area (Å²) in [6, 6.07) is 7.47. The first kappa shape index (κ1) is 25.6. The van der Waals surface area contributed by atoms with E-state index in [4.69, 9.17) is 0 Å². The SMILES string of the molecule is O=C(N[C@@H](CCCCNC(=O)c1ccc(I)cc1)C(=O)O)N[C@@H](Cc1cccs1)C(=O)O. The van der Waals surface area contributed by atoms with Crippen LogP contribution in [0, 0.1) is 3.57 Å². The van der Waals surface area contributed by atoms with Gasteiger partial charge in [0.25, 0.3) is 5.91 Å². The summed E-state index contributed by atoms with van der Waals surface area (Å²) in [5.74, 6) is -2.63. The number of carboxylic acid groups (broad SMARTS) is 2. The van der Waals surface area contributed by atoms with E-state index in [1.54, 1.807) is 29.6 Å². The maximum atomic E-state index is 12.2. The molecule has 0 bridgehead atoms. The number of unbranched alkanes of at least 4 members (excludes halogenated alkanes) is 1. The third-order valence-corrected chi connectivity index (χ3v) is 6.12. The highest BCUT2D eigenvalue weighted by Gasteiger charge is 2.24. The van der Waals surface area contributed by atoms with E-state index in [9.17, 15) is 29.4 Å². The molecule has 0 spiro atoms. The monoisotopic (exact) mass is 573 g/mol. The molecule has 0 unspecified atom stereocenters. The fourth-order valence-corrected chi connectivity index (χ4v) is 3.94. The molecule has 2 atom stereocenters. The van der Waals surface area contributed by atoms with Crippen molar-refractivity contribution in [1.29, 1.82) is 0 Å². The smallest absolute Gasteiger partial charge is 0.326 e. The van der Waals surface area contributed by atoms with Gasteiger partial charge in [-0.25, -0.2) is 14.4 Å². The van der Waals surface area contributed by atoms with Crippen LogP contribution in [0.3, 0.4) is 0 Å². The van der Waals surface area contributed by atoms with Crippen molar-refractivity contribution >= 4 is 57.8 Å². The van der Waals surface area contributed by atoms with Gasteiger partial charge in [0, 0.05) is 27.0 Å². The minimum absolute atomic E-state index is 0.110. The van der Waals surface area contributed by atoms with Crippen molar-refractivity contribution in [2.45, 2.75) is 37.8 Å². The second-order valence-corrected chi connectivity index (χ2v) is 9.22. The van der Waals surface area contributed by atoms with Gasteiger partial charge in [0.2, 0.25) is 0 Å². The molecule has 1 aromatic carbocycles. The number of nitrogens with one attached hydrogen (secondary N) is 3. The first-order chi connectivity index (χ1) is 15.3. The fourth-order valence-electron chi connectivity index (χ4n) is 2.82. The Morgan fingerprint density at radius 2 is 1.59 bits per heavy atom. The van der Waals surface area contributed by atoms with Crippen LogP contribution in [0.15, 0.2) is 41.8 Å². The number of urea groups is 1. The second kappa shape index (κ2) is 13.0. The predicted octanol–water partition coefficient (Wildman–Crippen LogP) is 2.70. The van der Waals surface area contributed by atoms with Gasteiger partial charge in [0.1, 0.15) is 12.1 Å². The van der Waals surface area contributed by atoms with Gasteiger partial charge in [-0.3, -0.25) is 4.79 Å². The molecule has 11 heteroatoms. The van der Waals surface area contributed by atoms with Gasteiger partial charge in [-0.05, 0) is 77.6 Å². The number of amides is 3. The van der Waals surface area contributed by atoms with E-state index < -0.39 is 30.1 Å². The highest BCUT2D eigenvalue weighted by molar-refractivity contribution is 14.1. The lowest BCUT2D eigenvalue weighted by Gasteiger charge is -2.18. The molecule has 2 rings (SSSR count). The maximum Gasteiger partial charge on any atom is 0.326 e. The number of rotatable bonds is 12. The molecule has 0 aliphatic rings. The van der Waals surface area contributed by atoms with E-state index in [1.165, 1.54) is 11.3 Å². The van der Waals surface area contributed by atoms with Crippen LogP contribution in [-0.2, 0) is 16.0 Å². The van der Waals surface area contributed by atoms with Crippen molar-refractivity contribution < 1.29 is 29.4 Å². The van der Waals surface area contributed by atoms with Crippen molar-refractivity contribution in [3.63, 3.8) is 0 Å². The Kier molecular flexibility index (Phi) is 10.4. The Labute approximate surface area is 202 Å². The number of hydrogen-bond acceptors (Lipinski definition) is 5. The number of thiophene rings is 1. The molecule has 0 aliphatic heterocycles. The Bertz CT molecular complexity index is 920. The molecule has 172 valence electrons. The topological polar surface area (TPSA) is 145 Å². The van der Waals surface area contributed by atoms with E-state index in [0.29, 0.717) is 24.9 Å². The van der Waals surface area contributed by atoms with Crippen molar-refractivity contribution in [3.05, 3.63) is 55.8 Å². The third-order valence-electron chi connectivity index (χ3n) is 4.50. The van der Waals surface area contributed by atoms with Gasteiger partial charge in [-0.2, -0.15) is 0 Å². The Morgan fingerprint density at radius 3 is 2.19 bits per heavy atom. The zero-order valence-corrected chi connectivity index (χ0v) is 20.0. The molecule has 3 amide bonds. The van der Waals surface area contributed by atoms with Gasteiger partial charge in [-0.1, -0.05) is 6.07 Å². The van der Waals surface area contributed by atoms with Gasteiger partial charge in [-0.15, -0.1) is 11.3 Å². The van der Waals surface area contributed by atoms with Gasteiger partial charge < -0.3 is 26.2 Å². The molecule has 2 aromatic rings. The van der Waals surface area contributed by atoms with E-state index in [-0.39, 0.29) is 18.7 Å². The minimum Gasteiger partial charge on any atom is -0.480 e. The minimum atomic E-state index is -1.21. The number of aliphatic carboxylic acids is 2. The van der Waals surface area contributed by atoms with Gasteiger partial charge in [0.15, 0.2) is 0 Å². The van der Waals surface area contributed by atoms with Crippen LogP contribution in [0.1, 0.15) is 34.5 Å². The standard InChI is InChI=1S/C21H24IN3O6S/c22-14-8-6-13(7-9-14)18(26)23-10-2-1-5-16(19(27)28)24-21(31)25-17(20(29)30)12-15-4-3-11-32-15/h3-4,6-9,11,16-17H,1-2,5,10,12H2,(H,23,26)(H,27,28)(H,29,30)(H2,24,25,31)/t16-,17-/m0/s1. The second-order valence-electron chi connectivity index (χ2n) is 6.94. The number of hydrogen-bond donors (Lipinski definition) is 5. The summed E-state index contributed by atoms with van der Waals surface area (Å²) in [5, 5.41) is 27.9. The number of carbonyl (C=O) groups is 4. The van der Waals surface area contributed by atoms with Crippen molar-refractivity contribution in [3.8, 4) is 0 Å². The normalized spacial score (nSPS) is 12.4. The molecule has 1 aromatic heterocycles. The van der Waals surface area contributed by atoms with E-state index in [2.05, 4.69) is 38.5 Å². The molecule has 0 saturated carbocycles. The summed E-state index contributed by atoms with van der Waals surface area (Å²) in [5.41, 5.74) is 0.544. The van der Waals surface area contributed by atoms with Gasteiger partial charge >= 0.3 is 18.0 Å². The zero-order valence-electron chi connectivity index (χ0n) is 17.0. The van der Waals surface area contributed by atoms with Crippen molar-refractivity contribution in [2.24, 2.45) is 0 Å². The van der Waals surface area contributed by atoms with Crippen molar-refractivity contribution in [1.82, 2.24) is 16.0 Å². The molecule has 0 radical (unpaired) electrons. The Hall–Kier alpha value is -2.67. The summed E-state index contributed by atoms with van der Waals surface area (Å²) in [7, 11) is 0. The van der Waals surface area contributed by atoms with E-state index in [0.717, 1.165) is 8.45 Å². The zero-order chi connectivity index (χ0) is 23.5. The molecule has 9 nitrogen and oxygen atoms in total. The highest BCUT2D eigenvalue weighted by Crippen LogP contribution is 2.11. The molecular weight excluding hydrogens is 549 g/mol. The maximum absolute atomic E-state index is 12.2. The predicted molar refractivity (Wildman–Crippen MR) is 128 cm³/mol. The molecule has 0 aliphatic carbocycles. The Morgan fingerprint density at radius 1 is 0.938 bits per heavy atom. The summed E-state index contributed by atoms with van der Waals surface area (Å²) in [6.45, 7) is 0.366. The van der Waals surface area contributed by atoms with Crippen LogP contribution >= 0.6 is 33.9 Å². The molecule has 0 fully saturated rings. The molecule has 1 heterocycles. The van der Waals surface area contributed by atoms with E-state index in [1.807, 2.05) is 12.1 Å². The van der Waals surface area contributed by atoms with Crippen LogP contribution in [0.2, 0.25) is 0 Å². The molecule has 0 saturated heterocycles. The van der Waals surface area contributed by atoms with Crippen LogP contribution in [0.5, 0.6) is 0 Å². The lowest BCUT2D eigenvalue weighted by Crippen LogP contribution is -2.51.